The molecule has 0 atom stereocenters. The Hall–Kier alpha value is -4.96. The summed E-state index contributed by atoms with van der Waals surface area (Å²) in [4.78, 5) is 11.5. The first kappa shape index (κ1) is 23.0. The quantitative estimate of drug-likeness (QED) is 0.228. The highest BCUT2D eigenvalue weighted by Crippen LogP contribution is 2.47. The van der Waals surface area contributed by atoms with Crippen LogP contribution in [0, 0.1) is 13.8 Å². The van der Waals surface area contributed by atoms with E-state index in [0.29, 0.717) is 0 Å². The van der Waals surface area contributed by atoms with Crippen LogP contribution < -0.4 is 15.7 Å². The van der Waals surface area contributed by atoms with Gasteiger partial charge in [-0.25, -0.2) is 0 Å². The predicted molar refractivity (Wildman–Crippen MR) is 167 cm³/mol. The van der Waals surface area contributed by atoms with Gasteiger partial charge in [-0.1, -0.05) is 60.7 Å². The van der Waals surface area contributed by atoms with Crippen LogP contribution in [0.5, 0.6) is 0 Å². The first-order valence-electron chi connectivity index (χ1n) is 13.8. The summed E-state index contributed by atoms with van der Waals surface area (Å²) in [6.07, 6.45) is 7.73. The third kappa shape index (κ3) is 3.46. The second-order valence-corrected chi connectivity index (χ2v) is 10.9. The van der Waals surface area contributed by atoms with Gasteiger partial charge in [-0.05, 0) is 94.6 Å². The zero-order chi connectivity index (χ0) is 26.8. The van der Waals surface area contributed by atoms with Crippen LogP contribution >= 0.6 is 0 Å². The van der Waals surface area contributed by atoms with Gasteiger partial charge in [0.2, 0.25) is 0 Å². The van der Waals surface area contributed by atoms with Crippen LogP contribution in [0.3, 0.4) is 0 Å². The van der Waals surface area contributed by atoms with E-state index >= 15 is 0 Å². The molecule has 40 heavy (non-hydrogen) atoms. The van der Waals surface area contributed by atoms with E-state index in [9.17, 15) is 0 Å². The molecule has 2 aliphatic heterocycles. The zero-order valence-corrected chi connectivity index (χ0v) is 22.5. The van der Waals surface area contributed by atoms with Crippen molar-refractivity contribution in [3.05, 3.63) is 133 Å². The Morgan fingerprint density at radius 2 is 0.950 bits per heavy atom. The van der Waals surface area contributed by atoms with Crippen LogP contribution in [-0.4, -0.2) is 16.8 Å². The number of fused-ring (bicyclic) bond motifs is 11. The fourth-order valence-electron chi connectivity index (χ4n) is 6.52. The fraction of sp³-hybridized carbons (Fsp3) is 0.0556. The molecule has 2 aliphatic rings. The largest absolute Gasteiger partial charge is 0.376 e. The van der Waals surface area contributed by atoms with E-state index in [1.807, 2.05) is 24.8 Å². The Bertz CT molecular complexity index is 1820. The van der Waals surface area contributed by atoms with Crippen molar-refractivity contribution in [1.82, 2.24) is 9.97 Å². The third-order valence-corrected chi connectivity index (χ3v) is 8.28. The monoisotopic (exact) mass is 511 g/mol. The van der Waals surface area contributed by atoms with Crippen LogP contribution in [0.4, 0.5) is 11.4 Å². The van der Waals surface area contributed by atoms with Crippen LogP contribution in [0.1, 0.15) is 11.1 Å². The molecule has 0 radical (unpaired) electrons. The first-order valence-corrected chi connectivity index (χ1v) is 13.8. The Morgan fingerprint density at radius 3 is 1.43 bits per heavy atom. The lowest BCUT2D eigenvalue weighted by molar-refractivity contribution is 1.27. The Morgan fingerprint density at radius 1 is 0.475 bits per heavy atom. The van der Waals surface area contributed by atoms with Crippen molar-refractivity contribution in [2.75, 3.05) is 4.81 Å². The Balaban J connectivity index is 1.38. The summed E-state index contributed by atoms with van der Waals surface area (Å²) in [6.45, 7) is 4.29. The highest BCUT2D eigenvalue weighted by atomic mass is 15.1. The maximum atomic E-state index is 4.46. The molecule has 188 valence electrons. The molecule has 4 aromatic carbocycles. The summed E-state index contributed by atoms with van der Waals surface area (Å²) < 4.78 is 0. The Kier molecular flexibility index (Phi) is 5.05. The second kappa shape index (κ2) is 8.79. The number of hydrogen-bond donors (Lipinski definition) is 0. The first-order chi connectivity index (χ1) is 19.7. The standard InChI is InChI=1S/C36H26BN3/c1-23-15-27(21-38-19-23)25-11-13-35-31(17-25)29-7-3-5-9-33(29)37-34-10-6-4-8-30(34)32-18-26(12-14-36(32)40(35)37)28-16-24(2)20-39-22-28/h3-22H,1-2H3. The molecule has 0 aliphatic carbocycles. The second-order valence-electron chi connectivity index (χ2n) is 10.9. The summed E-state index contributed by atoms with van der Waals surface area (Å²) in [5, 5.41) is 0. The minimum absolute atomic E-state index is 0.102. The highest BCUT2D eigenvalue weighted by molar-refractivity contribution is 6.92. The molecule has 6 aromatic rings. The normalized spacial score (nSPS) is 12.7. The fourth-order valence-corrected chi connectivity index (χ4v) is 6.52. The van der Waals surface area contributed by atoms with Gasteiger partial charge < -0.3 is 4.81 Å². The van der Waals surface area contributed by atoms with Gasteiger partial charge in [0, 0.05) is 58.4 Å². The van der Waals surface area contributed by atoms with E-state index in [0.717, 1.165) is 22.3 Å². The van der Waals surface area contributed by atoms with Crippen molar-refractivity contribution in [2.24, 2.45) is 0 Å². The predicted octanol–water partition coefficient (Wildman–Crippen LogP) is 7.33. The van der Waals surface area contributed by atoms with E-state index in [-0.39, 0.29) is 6.85 Å². The molecule has 4 heterocycles. The number of pyridine rings is 2. The molecule has 0 saturated carbocycles. The van der Waals surface area contributed by atoms with E-state index < -0.39 is 0 Å². The molecule has 8 rings (SSSR count). The number of aromatic nitrogens is 2. The molecule has 0 amide bonds. The highest BCUT2D eigenvalue weighted by Gasteiger charge is 2.42. The lowest BCUT2D eigenvalue weighted by Crippen LogP contribution is -2.59. The maximum Gasteiger partial charge on any atom is 0.329 e. The van der Waals surface area contributed by atoms with E-state index in [1.54, 1.807) is 0 Å². The van der Waals surface area contributed by atoms with E-state index in [2.05, 4.69) is 126 Å². The lowest BCUT2D eigenvalue weighted by atomic mass is 9.43. The lowest BCUT2D eigenvalue weighted by Gasteiger charge is -2.43. The van der Waals surface area contributed by atoms with Crippen molar-refractivity contribution in [3.63, 3.8) is 0 Å². The smallest absolute Gasteiger partial charge is 0.329 e. The SMILES string of the molecule is Cc1cncc(-c2ccc3c(c2)-c2ccccc2B2c4ccccc4-c4cc(-c5cncc(C)c5)ccc4N23)c1. The van der Waals surface area contributed by atoms with Gasteiger partial charge in [0.05, 0.1) is 0 Å². The van der Waals surface area contributed by atoms with E-state index in [1.165, 1.54) is 55.7 Å². The van der Waals surface area contributed by atoms with Crippen molar-refractivity contribution in [1.29, 1.82) is 0 Å². The van der Waals surface area contributed by atoms with Crippen LogP contribution in [-0.2, 0) is 0 Å². The molecule has 0 N–H and O–H groups in total. The van der Waals surface area contributed by atoms with Gasteiger partial charge >= 0.3 is 6.85 Å². The van der Waals surface area contributed by atoms with E-state index in [4.69, 9.17) is 0 Å². The molecule has 0 saturated heterocycles. The number of anilines is 2. The van der Waals surface area contributed by atoms with Crippen LogP contribution in [0.2, 0.25) is 0 Å². The number of rotatable bonds is 2. The summed E-state index contributed by atoms with van der Waals surface area (Å²) in [6, 6.07) is 36.0. The number of hydrogen-bond acceptors (Lipinski definition) is 3. The molecular formula is C36H26BN3. The summed E-state index contributed by atoms with van der Waals surface area (Å²) in [7, 11) is 0. The average Bonchev–Trinajstić information content (AvgIpc) is 3.00. The number of nitrogens with zero attached hydrogens (tertiary/aromatic N) is 3. The van der Waals surface area contributed by atoms with Crippen molar-refractivity contribution in [3.8, 4) is 44.5 Å². The van der Waals surface area contributed by atoms with Crippen molar-refractivity contribution < 1.29 is 0 Å². The summed E-state index contributed by atoms with van der Waals surface area (Å²) in [5.74, 6) is 0. The average molecular weight is 511 g/mol. The molecule has 0 fully saturated rings. The van der Waals surface area contributed by atoms with Crippen molar-refractivity contribution in [2.45, 2.75) is 13.8 Å². The third-order valence-electron chi connectivity index (χ3n) is 8.28. The van der Waals surface area contributed by atoms with Gasteiger partial charge in [-0.15, -0.1) is 0 Å². The molecule has 4 heteroatoms. The number of benzene rings is 4. The maximum absolute atomic E-state index is 4.46. The van der Waals surface area contributed by atoms with Gasteiger partial charge in [-0.2, -0.15) is 0 Å². The molecular weight excluding hydrogens is 485 g/mol. The van der Waals surface area contributed by atoms with Crippen LogP contribution in [0.15, 0.2) is 122 Å². The topological polar surface area (TPSA) is 29.0 Å². The van der Waals surface area contributed by atoms with Gasteiger partial charge in [-0.3, -0.25) is 9.97 Å². The van der Waals surface area contributed by atoms with Crippen molar-refractivity contribution >= 4 is 29.1 Å². The van der Waals surface area contributed by atoms with Gasteiger partial charge in [0.15, 0.2) is 0 Å². The van der Waals surface area contributed by atoms with Gasteiger partial charge in [0.25, 0.3) is 0 Å². The minimum atomic E-state index is 0.102. The Labute approximate surface area is 234 Å². The minimum Gasteiger partial charge on any atom is -0.376 e. The number of aryl methyl sites for hydroxylation is 2. The summed E-state index contributed by atoms with van der Waals surface area (Å²) in [5.41, 5.74) is 17.2. The molecule has 0 bridgehead atoms. The summed E-state index contributed by atoms with van der Waals surface area (Å²) >= 11 is 0. The van der Waals surface area contributed by atoms with Crippen LogP contribution in [0.25, 0.3) is 44.5 Å². The molecule has 2 aromatic heterocycles. The molecule has 0 spiro atoms. The van der Waals surface area contributed by atoms with Gasteiger partial charge in [0.1, 0.15) is 0 Å². The molecule has 3 nitrogen and oxygen atoms in total. The molecule has 0 unspecified atom stereocenters. The zero-order valence-electron chi connectivity index (χ0n) is 22.5.